The van der Waals surface area contributed by atoms with Crippen molar-refractivity contribution in [3.8, 4) is 0 Å². The molecular weight excluding hydrogens is 328 g/mol. The minimum atomic E-state index is -3.05. The molecule has 1 N–H and O–H groups in total. The zero-order chi connectivity index (χ0) is 14.3. The van der Waals surface area contributed by atoms with E-state index >= 15 is 0 Å². The average Bonchev–Trinajstić information content (AvgIpc) is 2.33. The van der Waals surface area contributed by atoms with E-state index in [-0.39, 0.29) is 0 Å². The molecule has 4 nitrogen and oxygen atoms in total. The molecule has 0 saturated heterocycles. The van der Waals surface area contributed by atoms with E-state index < -0.39 is 10.0 Å². The van der Waals surface area contributed by atoms with Gasteiger partial charge in [0.15, 0.2) is 0 Å². The van der Waals surface area contributed by atoms with Crippen LogP contribution in [0, 0.1) is 0 Å². The first kappa shape index (κ1) is 16.6. The molecule has 0 atom stereocenters. The van der Waals surface area contributed by atoms with Crippen LogP contribution in [0.25, 0.3) is 0 Å². The summed E-state index contributed by atoms with van der Waals surface area (Å²) in [6.07, 6.45) is 3.01. The summed E-state index contributed by atoms with van der Waals surface area (Å²) in [7, 11) is -1.000. The van der Waals surface area contributed by atoms with Gasteiger partial charge in [-0.05, 0) is 44.1 Å². The third-order valence-electron chi connectivity index (χ3n) is 2.78. The second-order valence-electron chi connectivity index (χ2n) is 4.70. The number of halogens is 1. The highest BCUT2D eigenvalue weighted by atomic mass is 79.9. The van der Waals surface area contributed by atoms with E-state index in [4.69, 9.17) is 0 Å². The van der Waals surface area contributed by atoms with E-state index in [1.807, 2.05) is 12.1 Å². The predicted octanol–water partition coefficient (Wildman–Crippen LogP) is 1.86. The number of benzene rings is 1. The van der Waals surface area contributed by atoms with Gasteiger partial charge in [-0.15, -0.1) is 0 Å². The predicted molar refractivity (Wildman–Crippen MR) is 82.8 cm³/mol. The second-order valence-corrected chi connectivity index (χ2v) is 7.45. The lowest BCUT2D eigenvalue weighted by Gasteiger charge is -2.16. The van der Waals surface area contributed by atoms with Crippen LogP contribution < -0.4 is 4.72 Å². The molecule has 0 aromatic heterocycles. The molecule has 0 bridgehead atoms. The number of hydrogen-bond acceptors (Lipinski definition) is 3. The van der Waals surface area contributed by atoms with Crippen molar-refractivity contribution in [3.05, 3.63) is 34.3 Å². The molecule has 0 spiro atoms. The Kier molecular flexibility index (Phi) is 6.99. The van der Waals surface area contributed by atoms with Crippen LogP contribution in [0.4, 0.5) is 0 Å². The van der Waals surface area contributed by atoms with Gasteiger partial charge in [-0.3, -0.25) is 0 Å². The molecule has 0 unspecified atom stereocenters. The molecule has 0 amide bonds. The summed E-state index contributed by atoms with van der Waals surface area (Å²) in [6.45, 7) is 2.36. The Labute approximate surface area is 124 Å². The van der Waals surface area contributed by atoms with Crippen molar-refractivity contribution in [2.24, 2.45) is 0 Å². The van der Waals surface area contributed by atoms with Gasteiger partial charge in [0.05, 0.1) is 6.26 Å². The third-order valence-corrected chi connectivity index (χ3v) is 4.03. The van der Waals surface area contributed by atoms with E-state index in [1.54, 1.807) is 0 Å². The molecule has 0 fully saturated rings. The molecule has 0 heterocycles. The third kappa shape index (κ3) is 8.36. The van der Waals surface area contributed by atoms with E-state index in [9.17, 15) is 8.42 Å². The van der Waals surface area contributed by atoms with Crippen LogP contribution in [0.1, 0.15) is 12.0 Å². The van der Waals surface area contributed by atoms with E-state index in [1.165, 1.54) is 11.8 Å². The van der Waals surface area contributed by atoms with Gasteiger partial charge in [-0.25, -0.2) is 13.1 Å². The van der Waals surface area contributed by atoms with E-state index in [0.717, 1.165) is 30.4 Å². The summed E-state index contributed by atoms with van der Waals surface area (Å²) >= 11 is 3.42. The Morgan fingerprint density at radius 1 is 1.21 bits per heavy atom. The molecule has 0 aliphatic heterocycles. The summed E-state index contributed by atoms with van der Waals surface area (Å²) in [5.41, 5.74) is 1.31. The minimum Gasteiger partial charge on any atom is -0.306 e. The Morgan fingerprint density at radius 3 is 2.42 bits per heavy atom. The monoisotopic (exact) mass is 348 g/mol. The average molecular weight is 349 g/mol. The van der Waals surface area contributed by atoms with E-state index in [0.29, 0.717) is 6.54 Å². The molecule has 0 saturated carbocycles. The SMILES string of the molecule is CN(CCCNS(C)(=O)=O)CCc1ccc(Br)cc1. The standard InChI is InChI=1S/C13H21BrN2O2S/c1-16(10-3-9-15-19(2,17)18)11-8-12-4-6-13(14)7-5-12/h4-7,15H,3,8-11H2,1-2H3. The van der Waals surface area contributed by atoms with Gasteiger partial charge < -0.3 is 4.90 Å². The molecule has 108 valence electrons. The van der Waals surface area contributed by atoms with Crippen molar-refractivity contribution >= 4 is 26.0 Å². The maximum atomic E-state index is 10.9. The highest BCUT2D eigenvalue weighted by molar-refractivity contribution is 9.10. The smallest absolute Gasteiger partial charge is 0.208 e. The maximum Gasteiger partial charge on any atom is 0.208 e. The zero-order valence-electron chi connectivity index (χ0n) is 11.4. The van der Waals surface area contributed by atoms with Gasteiger partial charge in [0.1, 0.15) is 0 Å². The molecule has 0 aliphatic rings. The van der Waals surface area contributed by atoms with Gasteiger partial charge in [0, 0.05) is 17.6 Å². The van der Waals surface area contributed by atoms with Crippen molar-refractivity contribution < 1.29 is 8.42 Å². The fourth-order valence-corrected chi connectivity index (χ4v) is 2.47. The molecular formula is C13H21BrN2O2S. The number of likely N-dealkylation sites (N-methyl/N-ethyl adjacent to an activating group) is 1. The molecule has 0 aliphatic carbocycles. The number of rotatable bonds is 8. The summed E-state index contributed by atoms with van der Waals surface area (Å²) < 4.78 is 25.4. The van der Waals surface area contributed by atoms with Crippen molar-refractivity contribution in [3.63, 3.8) is 0 Å². The Morgan fingerprint density at radius 2 is 1.84 bits per heavy atom. The van der Waals surface area contributed by atoms with Gasteiger partial charge in [0.2, 0.25) is 10.0 Å². The lowest BCUT2D eigenvalue weighted by atomic mass is 10.1. The summed E-state index contributed by atoms with van der Waals surface area (Å²) in [4.78, 5) is 2.21. The molecule has 0 radical (unpaired) electrons. The van der Waals surface area contributed by atoms with Crippen molar-refractivity contribution in [2.75, 3.05) is 32.9 Å². The maximum absolute atomic E-state index is 10.9. The number of nitrogens with one attached hydrogen (secondary N) is 1. The molecule has 1 aromatic rings. The highest BCUT2D eigenvalue weighted by Crippen LogP contribution is 2.11. The van der Waals surface area contributed by atoms with Crippen molar-refractivity contribution in [2.45, 2.75) is 12.8 Å². The van der Waals surface area contributed by atoms with Crippen LogP contribution in [0.3, 0.4) is 0 Å². The Hall–Kier alpha value is -0.430. The fourth-order valence-electron chi connectivity index (χ4n) is 1.69. The summed E-state index contributed by atoms with van der Waals surface area (Å²) in [5.74, 6) is 0. The molecule has 19 heavy (non-hydrogen) atoms. The number of nitrogens with zero attached hydrogens (tertiary/aromatic N) is 1. The number of hydrogen-bond donors (Lipinski definition) is 1. The highest BCUT2D eigenvalue weighted by Gasteiger charge is 2.02. The van der Waals surface area contributed by atoms with Crippen LogP contribution in [-0.2, 0) is 16.4 Å². The normalized spacial score (nSPS) is 12.0. The summed E-state index contributed by atoms with van der Waals surface area (Å²) in [5, 5.41) is 0. The van der Waals surface area contributed by atoms with Crippen LogP contribution >= 0.6 is 15.9 Å². The summed E-state index contributed by atoms with van der Waals surface area (Å²) in [6, 6.07) is 8.32. The van der Waals surface area contributed by atoms with Gasteiger partial charge >= 0.3 is 0 Å². The van der Waals surface area contributed by atoms with Crippen molar-refractivity contribution in [1.82, 2.24) is 9.62 Å². The van der Waals surface area contributed by atoms with Crippen LogP contribution in [0.15, 0.2) is 28.7 Å². The first-order chi connectivity index (χ1) is 8.87. The van der Waals surface area contributed by atoms with Crippen LogP contribution in [0.5, 0.6) is 0 Å². The second kappa shape index (κ2) is 7.99. The van der Waals surface area contributed by atoms with Crippen LogP contribution in [0.2, 0.25) is 0 Å². The van der Waals surface area contributed by atoms with E-state index in [2.05, 4.69) is 44.7 Å². The van der Waals surface area contributed by atoms with Crippen molar-refractivity contribution in [1.29, 1.82) is 0 Å². The Balaban J connectivity index is 2.17. The first-order valence-corrected chi connectivity index (χ1v) is 8.93. The van der Waals surface area contributed by atoms with Gasteiger partial charge in [-0.2, -0.15) is 0 Å². The van der Waals surface area contributed by atoms with Gasteiger partial charge in [0.25, 0.3) is 0 Å². The molecule has 6 heteroatoms. The lowest BCUT2D eigenvalue weighted by molar-refractivity contribution is 0.334. The van der Waals surface area contributed by atoms with Gasteiger partial charge in [-0.1, -0.05) is 28.1 Å². The Bertz CT molecular complexity index is 474. The lowest BCUT2D eigenvalue weighted by Crippen LogP contribution is -2.28. The molecule has 1 aromatic carbocycles. The largest absolute Gasteiger partial charge is 0.306 e. The first-order valence-electron chi connectivity index (χ1n) is 6.24. The fraction of sp³-hybridized carbons (Fsp3) is 0.538. The van der Waals surface area contributed by atoms with Crippen LogP contribution in [-0.4, -0.2) is 46.3 Å². The molecule has 1 rings (SSSR count). The number of sulfonamides is 1. The zero-order valence-corrected chi connectivity index (χ0v) is 13.8. The quantitative estimate of drug-likeness (QED) is 0.729. The topological polar surface area (TPSA) is 49.4 Å². The minimum absolute atomic E-state index is 0.501.